The third-order valence-electron chi connectivity index (χ3n) is 5.50. The van der Waals surface area contributed by atoms with Crippen molar-refractivity contribution in [2.45, 2.75) is 47.0 Å². The van der Waals surface area contributed by atoms with E-state index >= 15 is 0 Å². The van der Waals surface area contributed by atoms with Gasteiger partial charge in [0.1, 0.15) is 22.7 Å². The van der Waals surface area contributed by atoms with Gasteiger partial charge in [0, 0.05) is 44.6 Å². The van der Waals surface area contributed by atoms with Crippen LogP contribution in [0, 0.1) is 5.41 Å². The van der Waals surface area contributed by atoms with Crippen molar-refractivity contribution >= 4 is 22.8 Å². The number of aromatic nitrogens is 3. The first kappa shape index (κ1) is 21.3. The van der Waals surface area contributed by atoms with Gasteiger partial charge in [-0.3, -0.25) is 4.79 Å². The number of carbonyl (C=O) groups excluding carboxylic acids is 1. The van der Waals surface area contributed by atoms with Crippen molar-refractivity contribution in [1.29, 1.82) is 0 Å². The molecule has 1 aliphatic rings. The number of rotatable bonds is 5. The van der Waals surface area contributed by atoms with Crippen molar-refractivity contribution in [3.05, 3.63) is 36.2 Å². The number of fused-ring (bicyclic) bond motifs is 1. The van der Waals surface area contributed by atoms with E-state index in [1.165, 1.54) is 0 Å². The highest BCUT2D eigenvalue weighted by atomic mass is 16.5. The molecule has 31 heavy (non-hydrogen) atoms. The van der Waals surface area contributed by atoms with Crippen LogP contribution in [0.3, 0.4) is 0 Å². The van der Waals surface area contributed by atoms with Crippen molar-refractivity contribution in [3.63, 3.8) is 0 Å². The number of nitrogens with zero attached hydrogens (tertiary/aromatic N) is 5. The normalized spacial score (nSPS) is 15.0. The third kappa shape index (κ3) is 4.70. The molecule has 1 fully saturated rings. The lowest BCUT2D eigenvalue weighted by Gasteiger charge is -2.36. The molecule has 3 aromatic rings. The lowest BCUT2D eigenvalue weighted by atomic mass is 9.91. The second-order valence-electron chi connectivity index (χ2n) is 9.40. The molecular weight excluding hydrogens is 390 g/mol. The van der Waals surface area contributed by atoms with Crippen LogP contribution in [0.4, 0.5) is 5.82 Å². The molecule has 7 nitrogen and oxygen atoms in total. The summed E-state index contributed by atoms with van der Waals surface area (Å²) in [6.07, 6.45) is 2.31. The molecule has 7 heteroatoms. The van der Waals surface area contributed by atoms with Crippen LogP contribution < -0.4 is 4.90 Å². The van der Waals surface area contributed by atoms with Gasteiger partial charge in [-0.1, -0.05) is 63.2 Å². The summed E-state index contributed by atoms with van der Waals surface area (Å²) in [6.45, 7) is 11.3. The van der Waals surface area contributed by atoms with Gasteiger partial charge in [0.25, 0.3) is 5.71 Å². The highest BCUT2D eigenvalue weighted by Crippen LogP contribution is 2.34. The maximum absolute atomic E-state index is 12.7. The van der Waals surface area contributed by atoms with Gasteiger partial charge >= 0.3 is 0 Å². The molecule has 0 radical (unpaired) electrons. The Morgan fingerprint density at radius 2 is 1.77 bits per heavy atom. The summed E-state index contributed by atoms with van der Waals surface area (Å²) >= 11 is 0. The van der Waals surface area contributed by atoms with Crippen molar-refractivity contribution in [3.8, 4) is 11.3 Å². The van der Waals surface area contributed by atoms with E-state index in [-0.39, 0.29) is 11.3 Å². The van der Waals surface area contributed by atoms with Gasteiger partial charge in [-0.2, -0.15) is 4.98 Å². The Morgan fingerprint density at radius 3 is 2.42 bits per heavy atom. The molecule has 0 aliphatic carbocycles. The Hall–Kier alpha value is -2.96. The number of benzene rings is 1. The fraction of sp³-hybridized carbons (Fsp3) is 0.500. The largest absolute Gasteiger partial charge is 0.352 e. The van der Waals surface area contributed by atoms with E-state index < -0.39 is 0 Å². The standard InChI is InChI=1S/C24H31N5O2/c1-5-9-18-25-22(29-14-12-28(13-15-29)19(30)16-24(2,3)4)20-21(27-31-23(20)26-18)17-10-7-6-8-11-17/h6-8,10-11H,5,9,12-16H2,1-4H3. The number of amides is 1. The van der Waals surface area contributed by atoms with Gasteiger partial charge in [0.15, 0.2) is 0 Å². The molecule has 0 N–H and O–H groups in total. The topological polar surface area (TPSA) is 75.4 Å². The lowest BCUT2D eigenvalue weighted by Crippen LogP contribution is -2.49. The maximum Gasteiger partial charge on any atom is 0.263 e. The van der Waals surface area contributed by atoms with Crippen LogP contribution in [0.25, 0.3) is 22.4 Å². The summed E-state index contributed by atoms with van der Waals surface area (Å²) in [5, 5.41) is 5.18. The third-order valence-corrected chi connectivity index (χ3v) is 5.50. The molecule has 1 aromatic carbocycles. The van der Waals surface area contributed by atoms with Crippen LogP contribution in [0.5, 0.6) is 0 Å². The predicted octanol–water partition coefficient (Wildman–Crippen LogP) is 4.32. The molecule has 1 amide bonds. The smallest absolute Gasteiger partial charge is 0.263 e. The molecule has 0 spiro atoms. The Kier molecular flexibility index (Phi) is 5.94. The van der Waals surface area contributed by atoms with Crippen molar-refractivity contribution in [2.24, 2.45) is 5.41 Å². The molecule has 4 rings (SSSR count). The lowest BCUT2D eigenvalue weighted by molar-refractivity contribution is -0.133. The molecule has 0 atom stereocenters. The molecule has 0 saturated carbocycles. The average Bonchev–Trinajstić information content (AvgIpc) is 3.17. The molecule has 2 aromatic heterocycles. The van der Waals surface area contributed by atoms with Crippen molar-refractivity contribution < 1.29 is 9.32 Å². The van der Waals surface area contributed by atoms with Gasteiger partial charge in [-0.25, -0.2) is 4.98 Å². The SMILES string of the molecule is CCCc1nc(N2CCN(C(=O)CC(C)(C)C)CC2)c2c(-c3ccccc3)noc2n1. The summed E-state index contributed by atoms with van der Waals surface area (Å²) < 4.78 is 5.64. The highest BCUT2D eigenvalue weighted by molar-refractivity contribution is 5.98. The quantitative estimate of drug-likeness (QED) is 0.611. The number of anilines is 1. The van der Waals surface area contributed by atoms with Crippen LogP contribution in [0.2, 0.25) is 0 Å². The first-order valence-electron chi connectivity index (χ1n) is 11.1. The van der Waals surface area contributed by atoms with E-state index in [1.807, 2.05) is 35.2 Å². The summed E-state index contributed by atoms with van der Waals surface area (Å²) in [7, 11) is 0. The number of aryl methyl sites for hydroxylation is 1. The molecule has 164 valence electrons. The maximum atomic E-state index is 12.7. The fourth-order valence-corrected chi connectivity index (χ4v) is 3.97. The number of piperazine rings is 1. The molecular formula is C24H31N5O2. The molecule has 0 unspecified atom stereocenters. The monoisotopic (exact) mass is 421 g/mol. The van der Waals surface area contributed by atoms with E-state index in [0.717, 1.165) is 54.2 Å². The Bertz CT molecular complexity index is 1050. The van der Waals surface area contributed by atoms with Crippen LogP contribution >= 0.6 is 0 Å². The average molecular weight is 422 g/mol. The summed E-state index contributed by atoms with van der Waals surface area (Å²) in [6, 6.07) is 9.99. The zero-order valence-electron chi connectivity index (χ0n) is 18.9. The number of hydrogen-bond donors (Lipinski definition) is 0. The zero-order chi connectivity index (χ0) is 22.0. The molecule has 0 bridgehead atoms. The summed E-state index contributed by atoms with van der Waals surface area (Å²) in [5.74, 6) is 1.85. The van der Waals surface area contributed by atoms with E-state index in [1.54, 1.807) is 0 Å². The minimum absolute atomic E-state index is 0.00482. The summed E-state index contributed by atoms with van der Waals surface area (Å²) in [5.41, 5.74) is 2.27. The Balaban J connectivity index is 1.65. The number of hydrogen-bond acceptors (Lipinski definition) is 6. The molecule has 1 saturated heterocycles. The second-order valence-corrected chi connectivity index (χ2v) is 9.40. The molecule has 1 aliphatic heterocycles. The Morgan fingerprint density at radius 1 is 1.06 bits per heavy atom. The highest BCUT2D eigenvalue weighted by Gasteiger charge is 2.28. The van der Waals surface area contributed by atoms with Crippen molar-refractivity contribution in [2.75, 3.05) is 31.1 Å². The van der Waals surface area contributed by atoms with Gasteiger partial charge < -0.3 is 14.3 Å². The van der Waals surface area contributed by atoms with Crippen LogP contribution in [0.15, 0.2) is 34.9 Å². The molecule has 3 heterocycles. The van der Waals surface area contributed by atoms with E-state index in [4.69, 9.17) is 9.51 Å². The zero-order valence-corrected chi connectivity index (χ0v) is 18.9. The summed E-state index contributed by atoms with van der Waals surface area (Å²) in [4.78, 5) is 26.4. The van der Waals surface area contributed by atoms with Gasteiger partial charge in [-0.15, -0.1) is 0 Å². The fourth-order valence-electron chi connectivity index (χ4n) is 3.97. The van der Waals surface area contributed by atoms with Gasteiger partial charge in [0.05, 0.1) is 0 Å². The van der Waals surface area contributed by atoms with Crippen LogP contribution in [0.1, 0.15) is 46.4 Å². The second kappa shape index (κ2) is 8.65. The van der Waals surface area contributed by atoms with E-state index in [2.05, 4.69) is 42.7 Å². The van der Waals surface area contributed by atoms with Crippen LogP contribution in [-0.2, 0) is 11.2 Å². The predicted molar refractivity (Wildman–Crippen MR) is 122 cm³/mol. The van der Waals surface area contributed by atoms with E-state index in [9.17, 15) is 4.79 Å². The Labute approximate surface area is 183 Å². The van der Waals surface area contributed by atoms with Gasteiger partial charge in [-0.05, 0) is 11.8 Å². The van der Waals surface area contributed by atoms with Crippen molar-refractivity contribution in [1.82, 2.24) is 20.0 Å². The first-order chi connectivity index (χ1) is 14.9. The first-order valence-corrected chi connectivity index (χ1v) is 11.1. The van der Waals surface area contributed by atoms with Crippen LogP contribution in [-0.4, -0.2) is 52.1 Å². The van der Waals surface area contributed by atoms with Gasteiger partial charge in [0.2, 0.25) is 5.91 Å². The van der Waals surface area contributed by atoms with E-state index in [0.29, 0.717) is 25.2 Å². The number of carbonyl (C=O) groups is 1. The minimum Gasteiger partial charge on any atom is -0.352 e. The minimum atomic E-state index is -0.00482.